The molecule has 2 aliphatic rings. The number of aromatic nitrogens is 2. The van der Waals surface area contributed by atoms with Crippen molar-refractivity contribution in [2.45, 2.75) is 50.4 Å². The lowest BCUT2D eigenvalue weighted by Crippen LogP contribution is -2.39. The third-order valence-electron chi connectivity index (χ3n) is 5.19. The van der Waals surface area contributed by atoms with E-state index in [2.05, 4.69) is 10.1 Å². The molecular formula is C19H24N4O2. The van der Waals surface area contributed by atoms with Gasteiger partial charge in [0, 0.05) is 37.0 Å². The summed E-state index contributed by atoms with van der Waals surface area (Å²) in [4.78, 5) is 19.1. The third kappa shape index (κ3) is 3.67. The molecule has 2 N–H and O–H groups in total. The van der Waals surface area contributed by atoms with Crippen LogP contribution < -0.4 is 5.73 Å². The number of anilines is 1. The van der Waals surface area contributed by atoms with Crippen LogP contribution >= 0.6 is 0 Å². The Hall–Kier alpha value is -2.37. The molecule has 1 amide bonds. The second-order valence-corrected chi connectivity index (χ2v) is 7.14. The predicted octanol–water partition coefficient (Wildman–Crippen LogP) is 2.87. The maximum atomic E-state index is 12.6. The maximum absolute atomic E-state index is 12.6. The minimum Gasteiger partial charge on any atom is -0.399 e. The number of nitrogen functional groups attached to an aromatic ring is 1. The van der Waals surface area contributed by atoms with Crippen molar-refractivity contribution < 1.29 is 9.32 Å². The van der Waals surface area contributed by atoms with Crippen LogP contribution in [0.25, 0.3) is 0 Å². The molecule has 25 heavy (non-hydrogen) atoms. The van der Waals surface area contributed by atoms with Gasteiger partial charge in [0.15, 0.2) is 5.82 Å². The second kappa shape index (κ2) is 6.86. The largest absolute Gasteiger partial charge is 0.399 e. The van der Waals surface area contributed by atoms with E-state index < -0.39 is 0 Å². The monoisotopic (exact) mass is 340 g/mol. The van der Waals surface area contributed by atoms with Crippen molar-refractivity contribution in [2.24, 2.45) is 0 Å². The van der Waals surface area contributed by atoms with Crippen molar-refractivity contribution in [1.82, 2.24) is 15.0 Å². The van der Waals surface area contributed by atoms with Crippen LogP contribution in [0.5, 0.6) is 0 Å². The van der Waals surface area contributed by atoms with Crippen molar-refractivity contribution in [3.63, 3.8) is 0 Å². The Kier molecular flexibility index (Phi) is 4.42. The van der Waals surface area contributed by atoms with Gasteiger partial charge < -0.3 is 15.2 Å². The molecule has 6 nitrogen and oxygen atoms in total. The number of carbonyl (C=O) groups is 1. The van der Waals surface area contributed by atoms with E-state index in [9.17, 15) is 4.79 Å². The third-order valence-corrected chi connectivity index (χ3v) is 5.19. The highest BCUT2D eigenvalue weighted by molar-refractivity contribution is 5.77. The quantitative estimate of drug-likeness (QED) is 0.846. The average molecular weight is 340 g/mol. The molecule has 2 fully saturated rings. The summed E-state index contributed by atoms with van der Waals surface area (Å²) in [6.07, 6.45) is 5.47. The van der Waals surface area contributed by atoms with Crippen LogP contribution in [0.15, 0.2) is 28.8 Å². The Bertz CT molecular complexity index is 753. The highest BCUT2D eigenvalue weighted by Gasteiger charge is 2.32. The van der Waals surface area contributed by atoms with Gasteiger partial charge >= 0.3 is 0 Å². The van der Waals surface area contributed by atoms with Gasteiger partial charge in [0.25, 0.3) is 0 Å². The SMILES string of the molecule is Nc1ccccc1CCC(=O)N1CCCC(c2noc(C3CC3)n2)C1. The molecule has 0 bridgehead atoms. The molecule has 0 spiro atoms. The average Bonchev–Trinajstić information content (AvgIpc) is 3.38. The van der Waals surface area contributed by atoms with Crippen molar-refractivity contribution in [2.75, 3.05) is 18.8 Å². The summed E-state index contributed by atoms with van der Waals surface area (Å²) >= 11 is 0. The Morgan fingerprint density at radius 1 is 1.24 bits per heavy atom. The van der Waals surface area contributed by atoms with E-state index in [1.807, 2.05) is 29.2 Å². The lowest BCUT2D eigenvalue weighted by Gasteiger charge is -2.31. The summed E-state index contributed by atoms with van der Waals surface area (Å²) in [6.45, 7) is 1.50. The van der Waals surface area contributed by atoms with Gasteiger partial charge in [0.05, 0.1) is 0 Å². The van der Waals surface area contributed by atoms with E-state index in [1.54, 1.807) is 0 Å². The Balaban J connectivity index is 1.35. The smallest absolute Gasteiger partial charge is 0.229 e. The number of likely N-dealkylation sites (tertiary alicyclic amines) is 1. The number of hydrogen-bond donors (Lipinski definition) is 1. The number of nitrogens with zero attached hydrogens (tertiary/aromatic N) is 3. The molecule has 6 heteroatoms. The number of benzene rings is 1. The number of aryl methyl sites for hydroxylation is 1. The van der Waals surface area contributed by atoms with Crippen molar-refractivity contribution in [3.8, 4) is 0 Å². The first-order valence-electron chi connectivity index (χ1n) is 9.15. The normalized spacial score (nSPS) is 20.6. The molecule has 0 radical (unpaired) electrons. The highest BCUT2D eigenvalue weighted by atomic mass is 16.5. The minimum atomic E-state index is 0.180. The summed E-state index contributed by atoms with van der Waals surface area (Å²) in [5, 5.41) is 4.16. The van der Waals surface area contributed by atoms with Crippen LogP contribution in [0.2, 0.25) is 0 Å². The van der Waals surface area contributed by atoms with Crippen molar-refractivity contribution in [3.05, 3.63) is 41.5 Å². The zero-order chi connectivity index (χ0) is 17.2. The lowest BCUT2D eigenvalue weighted by atomic mass is 9.96. The van der Waals surface area contributed by atoms with Gasteiger partial charge in [-0.05, 0) is 43.7 Å². The van der Waals surface area contributed by atoms with Gasteiger partial charge in [-0.15, -0.1) is 0 Å². The summed E-state index contributed by atoms with van der Waals surface area (Å²) in [7, 11) is 0. The number of piperidine rings is 1. The van der Waals surface area contributed by atoms with Crippen molar-refractivity contribution >= 4 is 11.6 Å². The van der Waals surface area contributed by atoms with Crippen molar-refractivity contribution in [1.29, 1.82) is 0 Å². The Morgan fingerprint density at radius 3 is 2.88 bits per heavy atom. The first-order chi connectivity index (χ1) is 12.2. The summed E-state index contributed by atoms with van der Waals surface area (Å²) in [6, 6.07) is 7.74. The first kappa shape index (κ1) is 16.1. The minimum absolute atomic E-state index is 0.180. The van der Waals surface area contributed by atoms with Crippen LogP contribution in [-0.4, -0.2) is 34.0 Å². The number of hydrogen-bond acceptors (Lipinski definition) is 5. The fraction of sp³-hybridized carbons (Fsp3) is 0.526. The number of nitrogens with two attached hydrogens (primary N) is 1. The molecule has 1 aliphatic carbocycles. The van der Waals surface area contributed by atoms with Gasteiger partial charge in [-0.1, -0.05) is 23.4 Å². The topological polar surface area (TPSA) is 85.3 Å². The van der Waals surface area contributed by atoms with Crippen LogP contribution in [0, 0.1) is 0 Å². The Labute approximate surface area is 147 Å². The molecule has 1 aromatic carbocycles. The molecule has 2 heterocycles. The van der Waals surface area contributed by atoms with Gasteiger partial charge in [-0.3, -0.25) is 4.79 Å². The fourth-order valence-electron chi connectivity index (χ4n) is 3.49. The summed E-state index contributed by atoms with van der Waals surface area (Å²) in [5.41, 5.74) is 7.76. The van der Waals surface area contributed by atoms with E-state index in [0.717, 1.165) is 55.2 Å². The molecule has 1 saturated heterocycles. The zero-order valence-corrected chi connectivity index (χ0v) is 14.4. The molecule has 4 rings (SSSR count). The van der Waals surface area contributed by atoms with Crippen LogP contribution in [-0.2, 0) is 11.2 Å². The highest BCUT2D eigenvalue weighted by Crippen LogP contribution is 2.39. The number of amides is 1. The van der Waals surface area contributed by atoms with Crippen LogP contribution in [0.3, 0.4) is 0 Å². The number of rotatable bonds is 5. The molecule has 132 valence electrons. The first-order valence-corrected chi connectivity index (χ1v) is 9.15. The van der Waals surface area contributed by atoms with E-state index in [-0.39, 0.29) is 11.8 Å². The fourth-order valence-corrected chi connectivity index (χ4v) is 3.49. The van der Waals surface area contributed by atoms with Crippen LogP contribution in [0.1, 0.15) is 61.2 Å². The molecule has 1 saturated carbocycles. The molecule has 2 aromatic rings. The zero-order valence-electron chi connectivity index (χ0n) is 14.4. The predicted molar refractivity (Wildman–Crippen MR) is 94.0 cm³/mol. The number of para-hydroxylation sites is 1. The van der Waals surface area contributed by atoms with E-state index in [0.29, 0.717) is 25.3 Å². The standard InChI is InChI=1S/C19H24N4O2/c20-16-6-2-1-4-13(16)9-10-17(24)23-11-3-5-15(12-23)18-21-19(25-22-18)14-7-8-14/h1-2,4,6,14-15H,3,5,7-12,20H2. The molecule has 1 unspecified atom stereocenters. The molecule has 1 atom stereocenters. The molecule has 1 aliphatic heterocycles. The van der Waals surface area contributed by atoms with E-state index in [4.69, 9.17) is 10.3 Å². The van der Waals surface area contributed by atoms with E-state index >= 15 is 0 Å². The maximum Gasteiger partial charge on any atom is 0.229 e. The molecule has 1 aromatic heterocycles. The summed E-state index contributed by atoms with van der Waals surface area (Å²) < 4.78 is 5.38. The number of carbonyl (C=O) groups excluding carboxylic acids is 1. The molecular weight excluding hydrogens is 316 g/mol. The Morgan fingerprint density at radius 2 is 2.08 bits per heavy atom. The van der Waals surface area contributed by atoms with E-state index in [1.165, 1.54) is 0 Å². The van der Waals surface area contributed by atoms with Gasteiger partial charge in [0.1, 0.15) is 0 Å². The van der Waals surface area contributed by atoms with Gasteiger partial charge in [0.2, 0.25) is 11.8 Å². The summed E-state index contributed by atoms with van der Waals surface area (Å²) in [5.74, 6) is 2.39. The lowest BCUT2D eigenvalue weighted by molar-refractivity contribution is -0.132. The second-order valence-electron chi connectivity index (χ2n) is 7.14. The van der Waals surface area contributed by atoms with Crippen LogP contribution in [0.4, 0.5) is 5.69 Å². The van der Waals surface area contributed by atoms with Gasteiger partial charge in [-0.25, -0.2) is 0 Å². The van der Waals surface area contributed by atoms with Gasteiger partial charge in [-0.2, -0.15) is 4.98 Å².